The van der Waals surface area contributed by atoms with Gasteiger partial charge in [-0.3, -0.25) is 0 Å². The number of pyridine rings is 1. The molecule has 3 fully saturated rings. The second kappa shape index (κ2) is 8.98. The summed E-state index contributed by atoms with van der Waals surface area (Å²) < 4.78 is 51.5. The van der Waals surface area contributed by atoms with E-state index < -0.39 is 18.3 Å². The number of phenols is 1. The molecule has 1 aromatic carbocycles. The summed E-state index contributed by atoms with van der Waals surface area (Å²) in [7, 11) is 0. The van der Waals surface area contributed by atoms with E-state index in [1.54, 1.807) is 12.1 Å². The molecule has 7 nitrogen and oxygen atoms in total. The number of piperidine rings is 1. The van der Waals surface area contributed by atoms with Crippen molar-refractivity contribution in [1.82, 2.24) is 25.5 Å². The Bertz CT molecular complexity index is 1340. The summed E-state index contributed by atoms with van der Waals surface area (Å²) >= 11 is 0.481. The topological polar surface area (TPSA) is 87.1 Å². The fourth-order valence-corrected chi connectivity index (χ4v) is 5.63. The first kappa shape index (κ1) is 19.4. The molecule has 2 aliphatic heterocycles. The van der Waals surface area contributed by atoms with Crippen molar-refractivity contribution in [2.75, 3.05) is 11.1 Å². The molecule has 1 saturated carbocycles. The van der Waals surface area contributed by atoms with Crippen molar-refractivity contribution in [3.63, 3.8) is 0 Å². The zero-order valence-corrected chi connectivity index (χ0v) is 19.6. The number of hydrogen-bond acceptors (Lipinski definition) is 8. The van der Waals surface area contributed by atoms with Gasteiger partial charge in [0.25, 0.3) is 0 Å². The first-order valence-corrected chi connectivity index (χ1v) is 12.5. The number of nitrogens with one attached hydrogen (secondary N) is 1. The molecule has 0 spiro atoms. The molecule has 1 aliphatic carbocycles. The zero-order valence-electron chi connectivity index (χ0n) is 21.7. The molecular formula is C25H26F2N6OS. The molecule has 2 bridgehead atoms. The number of halogens is 2. The molecule has 0 radical (unpaired) electrons. The van der Waals surface area contributed by atoms with Crippen LogP contribution in [0.5, 0.6) is 5.75 Å². The molecule has 10 heteroatoms. The van der Waals surface area contributed by atoms with Crippen LogP contribution in [0, 0.1) is 5.95 Å². The number of aromatic hydroxyl groups is 1. The number of phenolic OH excluding ortho intramolecular Hbond substituents is 1. The normalized spacial score (nSPS) is 27.2. The highest BCUT2D eigenvalue weighted by Gasteiger charge is 2.48. The Morgan fingerprint density at radius 1 is 1.14 bits per heavy atom. The van der Waals surface area contributed by atoms with Crippen LogP contribution in [0.1, 0.15) is 36.2 Å². The van der Waals surface area contributed by atoms with E-state index in [0.29, 0.717) is 52.6 Å². The van der Waals surface area contributed by atoms with Crippen LogP contribution in [-0.2, 0) is 0 Å². The fourth-order valence-electron chi connectivity index (χ4n) is 5.31. The number of anilines is 1. The van der Waals surface area contributed by atoms with Crippen molar-refractivity contribution in [1.29, 1.82) is 0 Å². The molecule has 182 valence electrons. The molecule has 3 aromatic rings. The van der Waals surface area contributed by atoms with Crippen LogP contribution in [0.3, 0.4) is 0 Å². The van der Waals surface area contributed by atoms with Gasteiger partial charge in [-0.25, -0.2) is 14.4 Å². The van der Waals surface area contributed by atoms with Crippen LogP contribution in [0.15, 0.2) is 41.6 Å². The van der Waals surface area contributed by atoms with Gasteiger partial charge in [0, 0.05) is 33.9 Å². The predicted molar refractivity (Wildman–Crippen MR) is 131 cm³/mol. The lowest BCUT2D eigenvalue weighted by Crippen LogP contribution is -2.57. The molecule has 35 heavy (non-hydrogen) atoms. The van der Waals surface area contributed by atoms with Crippen LogP contribution in [0.2, 0.25) is 0 Å². The fraction of sp³-hybridized carbons (Fsp3) is 0.440. The minimum absolute atomic E-state index is 0.0201. The van der Waals surface area contributed by atoms with Crippen LogP contribution in [-0.4, -0.2) is 61.8 Å². The maximum Gasteiger partial charge on any atom is 0.245 e. The average Bonchev–Trinajstić information content (AvgIpc) is 3.61. The van der Waals surface area contributed by atoms with Crippen LogP contribution < -0.4 is 10.2 Å². The first-order valence-electron chi connectivity index (χ1n) is 13.2. The first-order chi connectivity index (χ1) is 18.1. The standard InChI is InChI=1S/C25H26F2N6OS/c1-35-23-10-14(9-22(26)30-23)13-2-6-17(21(34)8-13)19-12-28-25(32-31-19)33(16-4-5-16)20-11-15-3-7-18(29-15)24(20)27/h2,6,8-10,12,15-16,18,20,24,29,34H,3-5,7,11H2,1H3/t15-,18-,20-,24+/m0/s1/i1D3. The van der Waals surface area contributed by atoms with Crippen molar-refractivity contribution in [2.45, 2.75) is 67.5 Å². The van der Waals surface area contributed by atoms with Crippen molar-refractivity contribution in [3.05, 3.63) is 42.5 Å². The van der Waals surface area contributed by atoms with E-state index in [-0.39, 0.29) is 28.9 Å². The predicted octanol–water partition coefficient (Wildman–Crippen LogP) is 4.37. The Labute approximate surface area is 210 Å². The molecule has 0 unspecified atom stereocenters. The SMILES string of the molecule is [2H]C([2H])([2H])Sc1cc(-c2ccc(-c3cnc(N(C4CC4)[C@H]4C[C@@H]5CC[C@H](N5)[C@H]4F)nn3)c(O)c2)cc(F)n1. The summed E-state index contributed by atoms with van der Waals surface area (Å²) in [6.07, 6.45) is 2.65. The summed E-state index contributed by atoms with van der Waals surface area (Å²) in [6, 6.07) is 7.48. The van der Waals surface area contributed by atoms with Crippen LogP contribution in [0.25, 0.3) is 22.4 Å². The molecule has 4 heterocycles. The van der Waals surface area contributed by atoms with Crippen molar-refractivity contribution in [2.24, 2.45) is 0 Å². The Morgan fingerprint density at radius 3 is 2.77 bits per heavy atom. The molecule has 4 atom stereocenters. The minimum atomic E-state index is -2.37. The summed E-state index contributed by atoms with van der Waals surface area (Å²) in [5, 5.41) is 22.8. The number of thioether (sulfide) groups is 1. The lowest BCUT2D eigenvalue weighted by Gasteiger charge is -2.40. The van der Waals surface area contributed by atoms with E-state index >= 15 is 4.39 Å². The zero-order chi connectivity index (χ0) is 26.6. The van der Waals surface area contributed by atoms with Gasteiger partial charge in [0.15, 0.2) is 0 Å². The third-order valence-corrected chi connectivity index (χ3v) is 7.53. The molecule has 2 saturated heterocycles. The second-order valence-electron chi connectivity index (χ2n) is 9.43. The average molecular weight is 500 g/mol. The van der Waals surface area contributed by atoms with Gasteiger partial charge < -0.3 is 15.3 Å². The molecule has 3 aliphatic rings. The van der Waals surface area contributed by atoms with E-state index in [2.05, 4.69) is 25.5 Å². The molecule has 2 N–H and O–H groups in total. The highest BCUT2D eigenvalue weighted by molar-refractivity contribution is 7.98. The summed E-state index contributed by atoms with van der Waals surface area (Å²) in [6.45, 7) is 0. The Kier molecular flexibility index (Phi) is 4.97. The lowest BCUT2D eigenvalue weighted by molar-refractivity contribution is 0.171. The summed E-state index contributed by atoms with van der Waals surface area (Å²) in [5.41, 5.74) is 1.58. The number of nitrogens with zero attached hydrogens (tertiary/aromatic N) is 5. The molecule has 0 amide bonds. The quantitative estimate of drug-likeness (QED) is 0.382. The highest BCUT2D eigenvalue weighted by atomic mass is 32.2. The van der Waals surface area contributed by atoms with Gasteiger partial charge in [-0.05, 0) is 67.6 Å². The smallest absolute Gasteiger partial charge is 0.245 e. The number of hydrogen-bond donors (Lipinski definition) is 2. The number of fused-ring (bicyclic) bond motifs is 2. The number of benzene rings is 1. The lowest BCUT2D eigenvalue weighted by atomic mass is 9.96. The van der Waals surface area contributed by atoms with Gasteiger partial charge in [0.05, 0.1) is 17.3 Å². The second-order valence-corrected chi connectivity index (χ2v) is 10.0. The van der Waals surface area contributed by atoms with Crippen molar-refractivity contribution in [3.8, 4) is 28.1 Å². The molecular weight excluding hydrogens is 470 g/mol. The highest BCUT2D eigenvalue weighted by Crippen LogP contribution is 2.40. The van der Waals surface area contributed by atoms with Gasteiger partial charge >= 0.3 is 0 Å². The maximum atomic E-state index is 15.3. The van der Waals surface area contributed by atoms with Gasteiger partial charge in [0.2, 0.25) is 11.9 Å². The van der Waals surface area contributed by atoms with E-state index in [4.69, 9.17) is 4.11 Å². The third kappa shape index (κ3) is 4.33. The third-order valence-electron chi connectivity index (χ3n) is 7.11. The van der Waals surface area contributed by atoms with Gasteiger partial charge in [0.1, 0.15) is 17.6 Å². The Hall–Kier alpha value is -2.85. The number of rotatable bonds is 6. The Morgan fingerprint density at radius 2 is 2.03 bits per heavy atom. The summed E-state index contributed by atoms with van der Waals surface area (Å²) in [5.74, 6) is -0.541. The van der Waals surface area contributed by atoms with Crippen LogP contribution in [0.4, 0.5) is 14.7 Å². The van der Waals surface area contributed by atoms with Gasteiger partial charge in [-0.15, -0.1) is 22.0 Å². The molecule has 6 rings (SSSR count). The van der Waals surface area contributed by atoms with Gasteiger partial charge in [-0.1, -0.05) is 6.07 Å². The van der Waals surface area contributed by atoms with E-state index in [9.17, 15) is 9.50 Å². The largest absolute Gasteiger partial charge is 0.507 e. The monoisotopic (exact) mass is 499 g/mol. The van der Waals surface area contributed by atoms with Crippen molar-refractivity contribution < 1.29 is 18.0 Å². The van der Waals surface area contributed by atoms with Gasteiger partial charge in [-0.2, -0.15) is 4.39 Å². The minimum Gasteiger partial charge on any atom is -0.507 e. The molecule has 2 aromatic heterocycles. The van der Waals surface area contributed by atoms with Crippen LogP contribution >= 0.6 is 11.8 Å². The summed E-state index contributed by atoms with van der Waals surface area (Å²) in [4.78, 5) is 10.2. The van der Waals surface area contributed by atoms with E-state index in [1.807, 2.05) is 4.90 Å². The van der Waals surface area contributed by atoms with E-state index in [0.717, 1.165) is 25.7 Å². The Balaban J connectivity index is 1.24. The maximum absolute atomic E-state index is 15.3. The van der Waals surface area contributed by atoms with E-state index in [1.165, 1.54) is 24.4 Å². The number of alkyl halides is 1. The van der Waals surface area contributed by atoms with Crippen molar-refractivity contribution >= 4 is 17.7 Å². The number of aromatic nitrogens is 4.